The van der Waals surface area contributed by atoms with Crippen molar-refractivity contribution in [2.24, 2.45) is 10.9 Å². The summed E-state index contributed by atoms with van der Waals surface area (Å²) in [7, 11) is 1.77. The lowest BCUT2D eigenvalue weighted by molar-refractivity contribution is 0.0531. The number of hydrogen-bond acceptors (Lipinski definition) is 11. The number of thiazole rings is 1. The molecule has 3 aromatic rings. The molecule has 3 aromatic heterocycles. The van der Waals surface area contributed by atoms with Gasteiger partial charge in [-0.05, 0) is 13.8 Å². The van der Waals surface area contributed by atoms with Gasteiger partial charge in [-0.15, -0.1) is 0 Å². The molecule has 11 nitrogen and oxygen atoms in total. The molecule has 33 heavy (non-hydrogen) atoms. The van der Waals surface area contributed by atoms with Gasteiger partial charge in [-0.2, -0.15) is 9.97 Å². The summed E-state index contributed by atoms with van der Waals surface area (Å²) in [6.45, 7) is 9.37. The molecule has 0 aliphatic carbocycles. The van der Waals surface area contributed by atoms with Gasteiger partial charge in [0.25, 0.3) is 0 Å². The Morgan fingerprint density at radius 2 is 2.15 bits per heavy atom. The van der Waals surface area contributed by atoms with E-state index in [1.165, 1.54) is 11.3 Å². The predicted octanol–water partition coefficient (Wildman–Crippen LogP) is 2.68. The molecule has 12 heteroatoms. The molecule has 1 fully saturated rings. The minimum Gasteiger partial charge on any atom is -0.462 e. The molecule has 0 spiro atoms. The number of imidazole rings is 1. The highest BCUT2D eigenvalue weighted by molar-refractivity contribution is 7.17. The third-order valence-electron chi connectivity index (χ3n) is 5.12. The van der Waals surface area contributed by atoms with E-state index in [1.54, 1.807) is 27.2 Å². The summed E-state index contributed by atoms with van der Waals surface area (Å²) in [5.41, 5.74) is 2.07. The van der Waals surface area contributed by atoms with E-state index < -0.39 is 0 Å². The Kier molecular flexibility index (Phi) is 7.14. The molecule has 0 saturated carbocycles. The van der Waals surface area contributed by atoms with Crippen molar-refractivity contribution in [3.05, 3.63) is 16.9 Å². The van der Waals surface area contributed by atoms with Gasteiger partial charge in [0.15, 0.2) is 22.1 Å². The second-order valence-corrected chi connectivity index (χ2v) is 8.70. The van der Waals surface area contributed by atoms with E-state index in [1.807, 2.05) is 10.8 Å². The summed E-state index contributed by atoms with van der Waals surface area (Å²) in [5, 5.41) is 3.71. The van der Waals surface area contributed by atoms with E-state index in [4.69, 9.17) is 19.4 Å². The SMILES string of the molecule is CCOC(=O)c1sc(Nc2nc(N3CCOCC3)c3ncn(CC(C)C=NC)c3n2)nc1C. The van der Waals surface area contributed by atoms with E-state index in [0.717, 1.165) is 30.1 Å². The summed E-state index contributed by atoms with van der Waals surface area (Å²) in [4.78, 5) is 37.5. The molecule has 1 saturated heterocycles. The number of carbonyl (C=O) groups excluding carboxylic acids is 1. The van der Waals surface area contributed by atoms with Crippen LogP contribution in [0.1, 0.15) is 29.2 Å². The van der Waals surface area contributed by atoms with Gasteiger partial charge < -0.3 is 23.9 Å². The Balaban J connectivity index is 1.71. The maximum atomic E-state index is 12.2. The number of anilines is 3. The Morgan fingerprint density at radius 3 is 2.88 bits per heavy atom. The normalized spacial score (nSPS) is 15.3. The summed E-state index contributed by atoms with van der Waals surface area (Å²) < 4.78 is 12.6. The van der Waals surface area contributed by atoms with Crippen LogP contribution in [0.5, 0.6) is 0 Å². The van der Waals surface area contributed by atoms with Crippen LogP contribution in [0.25, 0.3) is 11.2 Å². The maximum Gasteiger partial charge on any atom is 0.350 e. The van der Waals surface area contributed by atoms with Gasteiger partial charge in [0, 0.05) is 38.8 Å². The van der Waals surface area contributed by atoms with Gasteiger partial charge in [0.2, 0.25) is 5.95 Å². The molecule has 4 rings (SSSR count). The Bertz CT molecular complexity index is 1150. The number of rotatable bonds is 8. The van der Waals surface area contributed by atoms with Gasteiger partial charge >= 0.3 is 5.97 Å². The van der Waals surface area contributed by atoms with Crippen LogP contribution in [0.4, 0.5) is 16.9 Å². The average molecular weight is 473 g/mol. The first-order valence-electron chi connectivity index (χ1n) is 10.9. The third kappa shape index (κ3) is 5.11. The zero-order valence-electron chi connectivity index (χ0n) is 19.2. The Morgan fingerprint density at radius 1 is 1.36 bits per heavy atom. The highest BCUT2D eigenvalue weighted by Gasteiger charge is 2.22. The van der Waals surface area contributed by atoms with E-state index in [-0.39, 0.29) is 11.9 Å². The standard InChI is InChI=1S/C21H28N8O3S/c1-5-32-19(30)16-14(3)24-21(33-16)27-20-25-17(28-6-8-31-9-7-28)15-18(26-20)29(12-23-15)11-13(2)10-22-4/h10,12-13H,5-9,11H2,1-4H3,(H,24,25,26,27). The smallest absolute Gasteiger partial charge is 0.350 e. The predicted molar refractivity (Wildman–Crippen MR) is 128 cm³/mol. The van der Waals surface area contributed by atoms with Crippen LogP contribution in [0.3, 0.4) is 0 Å². The fourth-order valence-corrected chi connectivity index (χ4v) is 4.51. The largest absolute Gasteiger partial charge is 0.462 e. The van der Waals surface area contributed by atoms with Gasteiger partial charge in [-0.3, -0.25) is 5.32 Å². The molecule has 0 radical (unpaired) electrons. The van der Waals surface area contributed by atoms with Crippen molar-refractivity contribution in [3.8, 4) is 0 Å². The van der Waals surface area contributed by atoms with Crippen molar-refractivity contribution in [1.82, 2.24) is 24.5 Å². The monoisotopic (exact) mass is 472 g/mol. The van der Waals surface area contributed by atoms with Crippen molar-refractivity contribution in [3.63, 3.8) is 0 Å². The second kappa shape index (κ2) is 10.2. The number of hydrogen-bond donors (Lipinski definition) is 1. The molecule has 1 aliphatic rings. The molecule has 0 bridgehead atoms. The lowest BCUT2D eigenvalue weighted by Crippen LogP contribution is -2.37. The quantitative estimate of drug-likeness (QED) is 0.390. The molecule has 0 aromatic carbocycles. The lowest BCUT2D eigenvalue weighted by Gasteiger charge is -2.28. The highest BCUT2D eigenvalue weighted by atomic mass is 32.1. The number of carbonyl (C=O) groups is 1. The molecule has 1 N–H and O–H groups in total. The molecule has 176 valence electrons. The van der Waals surface area contributed by atoms with Gasteiger partial charge in [-0.25, -0.2) is 14.8 Å². The van der Waals surface area contributed by atoms with Crippen LogP contribution < -0.4 is 10.2 Å². The number of ether oxygens (including phenoxy) is 2. The molecule has 0 amide bonds. The molecular formula is C21H28N8O3S. The van der Waals surface area contributed by atoms with Crippen molar-refractivity contribution < 1.29 is 14.3 Å². The average Bonchev–Trinajstić information content (AvgIpc) is 3.37. The fraction of sp³-hybridized carbons (Fsp3) is 0.524. The topological polar surface area (TPSA) is 120 Å². The first-order chi connectivity index (χ1) is 16.0. The molecule has 1 atom stereocenters. The summed E-state index contributed by atoms with van der Waals surface area (Å²) in [6, 6.07) is 0. The first-order valence-corrected chi connectivity index (χ1v) is 11.7. The zero-order valence-corrected chi connectivity index (χ0v) is 20.1. The number of nitrogens with one attached hydrogen (secondary N) is 1. The number of aromatic nitrogens is 5. The van der Waals surface area contributed by atoms with E-state index in [0.29, 0.717) is 48.0 Å². The number of fused-ring (bicyclic) bond motifs is 1. The highest BCUT2D eigenvalue weighted by Crippen LogP contribution is 2.29. The summed E-state index contributed by atoms with van der Waals surface area (Å²) in [6.07, 6.45) is 3.70. The zero-order chi connectivity index (χ0) is 23.4. The van der Waals surface area contributed by atoms with Crippen molar-refractivity contribution in [2.45, 2.75) is 27.3 Å². The maximum absolute atomic E-state index is 12.2. The van der Waals surface area contributed by atoms with Crippen molar-refractivity contribution in [1.29, 1.82) is 0 Å². The van der Waals surface area contributed by atoms with Gasteiger partial charge in [-0.1, -0.05) is 18.3 Å². The molecule has 4 heterocycles. The van der Waals surface area contributed by atoms with Crippen LogP contribution in [0.2, 0.25) is 0 Å². The van der Waals surface area contributed by atoms with E-state index >= 15 is 0 Å². The van der Waals surface area contributed by atoms with Crippen LogP contribution >= 0.6 is 11.3 Å². The van der Waals surface area contributed by atoms with Gasteiger partial charge in [0.05, 0.1) is 31.8 Å². The van der Waals surface area contributed by atoms with Crippen LogP contribution in [0, 0.1) is 12.8 Å². The van der Waals surface area contributed by atoms with Crippen LogP contribution in [-0.4, -0.2) is 76.6 Å². The van der Waals surface area contributed by atoms with Crippen LogP contribution in [-0.2, 0) is 16.0 Å². The summed E-state index contributed by atoms with van der Waals surface area (Å²) in [5.74, 6) is 0.988. The van der Waals surface area contributed by atoms with E-state index in [2.05, 4.69) is 32.1 Å². The van der Waals surface area contributed by atoms with Crippen molar-refractivity contribution >= 4 is 51.6 Å². The Labute approximate surface area is 195 Å². The molecule has 1 unspecified atom stereocenters. The minimum atomic E-state index is -0.379. The van der Waals surface area contributed by atoms with Gasteiger partial charge in [0.1, 0.15) is 4.88 Å². The molecule has 1 aliphatic heterocycles. The van der Waals surface area contributed by atoms with E-state index in [9.17, 15) is 4.79 Å². The number of esters is 1. The van der Waals surface area contributed by atoms with Crippen LogP contribution in [0.15, 0.2) is 11.3 Å². The second-order valence-electron chi connectivity index (χ2n) is 7.70. The number of nitrogens with zero attached hydrogens (tertiary/aromatic N) is 7. The molecular weight excluding hydrogens is 444 g/mol. The number of aryl methyl sites for hydroxylation is 1. The summed E-state index contributed by atoms with van der Waals surface area (Å²) >= 11 is 1.22. The Hall–Kier alpha value is -3.12. The minimum absolute atomic E-state index is 0.222. The van der Waals surface area contributed by atoms with Crippen molar-refractivity contribution in [2.75, 3.05) is 50.2 Å². The lowest BCUT2D eigenvalue weighted by atomic mass is 10.2. The number of morpholine rings is 1. The third-order valence-corrected chi connectivity index (χ3v) is 6.17. The number of aliphatic imine (C=N–C) groups is 1. The first kappa shape index (κ1) is 23.1. The fourth-order valence-electron chi connectivity index (χ4n) is 3.66.